The van der Waals surface area contributed by atoms with Crippen molar-refractivity contribution in [3.8, 4) is 11.4 Å². The van der Waals surface area contributed by atoms with Gasteiger partial charge in [0.05, 0.1) is 4.88 Å². The average Bonchev–Trinajstić information content (AvgIpc) is 3.29. The molecule has 5 nitrogen and oxygen atoms in total. The highest BCUT2D eigenvalue weighted by Crippen LogP contribution is 2.26. The minimum Gasteiger partial charge on any atom is -0.338 e. The summed E-state index contributed by atoms with van der Waals surface area (Å²) in [6.07, 6.45) is 7.63. The standard InChI is InChI=1S/C21H24N4OS/c1-15-12-23-20(18-4-3-9-22-13-18)25(15)14-17-7-10-24(11-8-17)21(26)19-6-5-16(2)27-19/h3-6,9,12-13,17H,7-8,10-11,14H2,1-2H3. The molecule has 1 saturated heterocycles. The fourth-order valence-corrected chi connectivity index (χ4v) is 4.53. The van der Waals surface area contributed by atoms with Crippen LogP contribution in [0, 0.1) is 19.8 Å². The van der Waals surface area contributed by atoms with Crippen LogP contribution in [0.25, 0.3) is 11.4 Å². The zero-order valence-corrected chi connectivity index (χ0v) is 16.6. The SMILES string of the molecule is Cc1ccc(C(=O)N2CCC(Cn3c(C)cnc3-c3cccnc3)CC2)s1. The fraction of sp³-hybridized carbons (Fsp3) is 0.381. The van der Waals surface area contributed by atoms with Crippen LogP contribution in [0.15, 0.2) is 42.9 Å². The van der Waals surface area contributed by atoms with Crippen molar-refractivity contribution in [3.05, 3.63) is 58.3 Å². The van der Waals surface area contributed by atoms with Gasteiger partial charge in [0.25, 0.3) is 5.91 Å². The summed E-state index contributed by atoms with van der Waals surface area (Å²) in [4.78, 5) is 25.5. The molecule has 0 saturated carbocycles. The number of carbonyl (C=O) groups is 1. The van der Waals surface area contributed by atoms with E-state index in [9.17, 15) is 4.79 Å². The number of carbonyl (C=O) groups excluding carboxylic acids is 1. The van der Waals surface area contributed by atoms with Crippen LogP contribution in [-0.4, -0.2) is 38.4 Å². The summed E-state index contributed by atoms with van der Waals surface area (Å²) in [5.41, 5.74) is 2.22. The number of hydrogen-bond donors (Lipinski definition) is 0. The van der Waals surface area contributed by atoms with E-state index in [4.69, 9.17) is 0 Å². The second-order valence-electron chi connectivity index (χ2n) is 7.22. The number of piperidine rings is 1. The first kappa shape index (κ1) is 17.9. The molecule has 4 rings (SSSR count). The van der Waals surface area contributed by atoms with Gasteiger partial charge in [-0.2, -0.15) is 0 Å². The first-order valence-corrected chi connectivity index (χ1v) is 10.2. The van der Waals surface area contributed by atoms with Crippen LogP contribution < -0.4 is 0 Å². The first-order valence-electron chi connectivity index (χ1n) is 9.40. The number of nitrogens with zero attached hydrogens (tertiary/aromatic N) is 4. The second-order valence-corrected chi connectivity index (χ2v) is 8.51. The molecule has 0 bridgehead atoms. The molecule has 3 aromatic heterocycles. The number of aryl methyl sites for hydroxylation is 2. The molecule has 1 aliphatic heterocycles. The van der Waals surface area contributed by atoms with Gasteiger partial charge in [0, 0.05) is 54.4 Å². The molecular weight excluding hydrogens is 356 g/mol. The average molecular weight is 381 g/mol. The quantitative estimate of drug-likeness (QED) is 0.682. The van der Waals surface area contributed by atoms with E-state index >= 15 is 0 Å². The van der Waals surface area contributed by atoms with Gasteiger partial charge in [0.2, 0.25) is 0 Å². The topological polar surface area (TPSA) is 51.0 Å². The lowest BCUT2D eigenvalue weighted by molar-refractivity contribution is 0.0687. The largest absolute Gasteiger partial charge is 0.338 e. The van der Waals surface area contributed by atoms with Gasteiger partial charge in [0.1, 0.15) is 5.82 Å². The van der Waals surface area contributed by atoms with E-state index in [0.29, 0.717) is 5.92 Å². The van der Waals surface area contributed by atoms with Gasteiger partial charge >= 0.3 is 0 Å². The predicted octanol–water partition coefficient (Wildman–Crippen LogP) is 4.18. The van der Waals surface area contributed by atoms with Gasteiger partial charge in [-0.05, 0) is 56.9 Å². The Bertz CT molecular complexity index is 923. The summed E-state index contributed by atoms with van der Waals surface area (Å²) in [6.45, 7) is 6.74. The minimum absolute atomic E-state index is 0.182. The van der Waals surface area contributed by atoms with Gasteiger partial charge in [0.15, 0.2) is 0 Å². The number of hydrogen-bond acceptors (Lipinski definition) is 4. The van der Waals surface area contributed by atoms with Gasteiger partial charge in [-0.25, -0.2) is 4.98 Å². The molecule has 0 aromatic carbocycles. The summed E-state index contributed by atoms with van der Waals surface area (Å²) in [6, 6.07) is 7.96. The molecule has 1 fully saturated rings. The number of aromatic nitrogens is 3. The monoisotopic (exact) mass is 380 g/mol. The third-order valence-corrected chi connectivity index (χ3v) is 6.26. The summed E-state index contributed by atoms with van der Waals surface area (Å²) < 4.78 is 2.29. The lowest BCUT2D eigenvalue weighted by atomic mass is 9.96. The van der Waals surface area contributed by atoms with Gasteiger partial charge < -0.3 is 9.47 Å². The van der Waals surface area contributed by atoms with E-state index in [1.807, 2.05) is 42.4 Å². The van der Waals surface area contributed by atoms with Crippen molar-refractivity contribution >= 4 is 17.2 Å². The zero-order chi connectivity index (χ0) is 18.8. The Morgan fingerprint density at radius 3 is 2.67 bits per heavy atom. The van der Waals surface area contributed by atoms with Crippen LogP contribution >= 0.6 is 11.3 Å². The summed E-state index contributed by atoms with van der Waals surface area (Å²) >= 11 is 1.59. The molecular formula is C21H24N4OS. The van der Waals surface area contributed by atoms with E-state index in [-0.39, 0.29) is 5.91 Å². The highest BCUT2D eigenvalue weighted by molar-refractivity contribution is 7.13. The Kier molecular flexibility index (Phi) is 5.07. The molecule has 1 aliphatic rings. The number of thiophene rings is 1. The third-order valence-electron chi connectivity index (χ3n) is 5.27. The molecule has 0 N–H and O–H groups in total. The Hall–Kier alpha value is -2.47. The molecule has 0 unspecified atom stereocenters. The maximum atomic E-state index is 12.6. The Morgan fingerprint density at radius 2 is 2.00 bits per heavy atom. The molecule has 4 heterocycles. The molecule has 1 amide bonds. The van der Waals surface area contributed by atoms with Crippen LogP contribution in [0.4, 0.5) is 0 Å². The number of amides is 1. The van der Waals surface area contributed by atoms with Crippen molar-refractivity contribution in [1.82, 2.24) is 19.4 Å². The fourth-order valence-electron chi connectivity index (χ4n) is 3.70. The minimum atomic E-state index is 0.182. The lowest BCUT2D eigenvalue weighted by Crippen LogP contribution is -2.39. The molecule has 0 aliphatic carbocycles. The highest BCUT2D eigenvalue weighted by Gasteiger charge is 2.25. The predicted molar refractivity (Wildman–Crippen MR) is 108 cm³/mol. The van der Waals surface area contributed by atoms with E-state index < -0.39 is 0 Å². The van der Waals surface area contributed by atoms with Crippen molar-refractivity contribution in [1.29, 1.82) is 0 Å². The van der Waals surface area contributed by atoms with E-state index in [0.717, 1.165) is 48.7 Å². The van der Waals surface area contributed by atoms with E-state index in [1.54, 1.807) is 17.5 Å². The summed E-state index contributed by atoms with van der Waals surface area (Å²) in [7, 11) is 0. The Balaban J connectivity index is 1.42. The number of rotatable bonds is 4. The van der Waals surface area contributed by atoms with Crippen molar-refractivity contribution in [2.75, 3.05) is 13.1 Å². The van der Waals surface area contributed by atoms with Crippen LogP contribution in [0.1, 0.15) is 33.1 Å². The van der Waals surface area contributed by atoms with Crippen molar-refractivity contribution in [2.45, 2.75) is 33.2 Å². The van der Waals surface area contributed by atoms with Gasteiger partial charge in [-0.15, -0.1) is 11.3 Å². The van der Waals surface area contributed by atoms with Crippen LogP contribution in [0.5, 0.6) is 0 Å². The van der Waals surface area contributed by atoms with Crippen LogP contribution in [-0.2, 0) is 6.54 Å². The molecule has 140 valence electrons. The molecule has 0 spiro atoms. The number of imidazole rings is 1. The molecule has 27 heavy (non-hydrogen) atoms. The third kappa shape index (κ3) is 3.81. The van der Waals surface area contributed by atoms with Crippen LogP contribution in [0.3, 0.4) is 0 Å². The number of pyridine rings is 1. The maximum absolute atomic E-state index is 12.6. The van der Waals surface area contributed by atoms with E-state index in [2.05, 4.69) is 27.5 Å². The Morgan fingerprint density at radius 1 is 1.19 bits per heavy atom. The molecule has 3 aromatic rings. The van der Waals surface area contributed by atoms with Crippen molar-refractivity contribution in [3.63, 3.8) is 0 Å². The van der Waals surface area contributed by atoms with Crippen LogP contribution in [0.2, 0.25) is 0 Å². The normalized spacial score (nSPS) is 15.3. The number of likely N-dealkylation sites (tertiary alicyclic amines) is 1. The van der Waals surface area contributed by atoms with Gasteiger partial charge in [-0.3, -0.25) is 9.78 Å². The Labute approximate surface area is 163 Å². The summed E-state index contributed by atoms with van der Waals surface area (Å²) in [5.74, 6) is 1.72. The lowest BCUT2D eigenvalue weighted by Gasteiger charge is -2.32. The first-order chi connectivity index (χ1) is 13.1. The second kappa shape index (κ2) is 7.64. The van der Waals surface area contributed by atoms with E-state index in [1.165, 1.54) is 10.6 Å². The summed E-state index contributed by atoms with van der Waals surface area (Å²) in [5, 5.41) is 0. The smallest absolute Gasteiger partial charge is 0.263 e. The van der Waals surface area contributed by atoms with Crippen molar-refractivity contribution in [2.24, 2.45) is 5.92 Å². The maximum Gasteiger partial charge on any atom is 0.263 e. The highest BCUT2D eigenvalue weighted by atomic mass is 32.1. The van der Waals surface area contributed by atoms with Gasteiger partial charge in [-0.1, -0.05) is 0 Å². The zero-order valence-electron chi connectivity index (χ0n) is 15.8. The van der Waals surface area contributed by atoms with Crippen molar-refractivity contribution < 1.29 is 4.79 Å². The molecule has 0 radical (unpaired) electrons. The molecule has 6 heteroatoms. The molecule has 0 atom stereocenters.